The van der Waals surface area contributed by atoms with E-state index < -0.39 is 23.5 Å². The molecule has 2 aromatic rings. The molecule has 0 bridgehead atoms. The number of nitrogens with zero attached hydrogens (tertiary/aromatic N) is 2. The highest BCUT2D eigenvalue weighted by atomic mass is 16.2. The lowest BCUT2D eigenvalue weighted by Crippen LogP contribution is -2.47. The molecule has 2 aliphatic carbocycles. The fourth-order valence-electron chi connectivity index (χ4n) is 5.43. The Kier molecular flexibility index (Phi) is 6.49. The summed E-state index contributed by atoms with van der Waals surface area (Å²) in [5.41, 5.74) is 7.62. The number of carbonyl (C=O) groups excluding carboxylic acids is 4. The predicted octanol–water partition coefficient (Wildman–Crippen LogP) is 2.49. The molecule has 2 fully saturated rings. The van der Waals surface area contributed by atoms with E-state index in [1.807, 2.05) is 43.3 Å². The third kappa shape index (κ3) is 4.71. The highest BCUT2D eigenvalue weighted by Gasteiger charge is 2.56. The molecular weight excluding hydrogens is 470 g/mol. The van der Waals surface area contributed by atoms with Crippen molar-refractivity contribution < 1.29 is 19.2 Å². The molecule has 1 heterocycles. The molecule has 1 unspecified atom stereocenters. The fraction of sp³-hybridized carbons (Fsp3) is 0.429. The number of aryl methyl sites for hydroxylation is 1. The van der Waals surface area contributed by atoms with E-state index in [-0.39, 0.29) is 24.4 Å². The summed E-state index contributed by atoms with van der Waals surface area (Å²) in [6.07, 6.45) is 3.11. The number of nitrogens with two attached hydrogens (primary N) is 1. The van der Waals surface area contributed by atoms with Crippen molar-refractivity contribution in [1.82, 2.24) is 15.1 Å². The van der Waals surface area contributed by atoms with Crippen LogP contribution in [0.1, 0.15) is 49.8 Å². The molecule has 2 aromatic carbocycles. The van der Waals surface area contributed by atoms with E-state index in [2.05, 4.69) is 10.6 Å². The molecule has 1 aliphatic heterocycles. The number of hydrogen-bond acceptors (Lipinski definition) is 5. The van der Waals surface area contributed by atoms with Crippen LogP contribution in [0.25, 0.3) is 0 Å². The van der Waals surface area contributed by atoms with Crippen molar-refractivity contribution in [3.63, 3.8) is 0 Å². The summed E-state index contributed by atoms with van der Waals surface area (Å²) in [6.45, 7) is 3.78. The monoisotopic (exact) mass is 503 g/mol. The molecular formula is C28H33N5O4. The maximum absolute atomic E-state index is 13.7. The SMILES string of the molecule is C[C@@H](N)C(=O)Nc1ccc2c(c1)CCC21NC(=O)N(CC(=O)N(Cc2ccccc2)[C@@H](C)C2CC2)C1=O. The average Bonchev–Trinajstić information content (AvgIpc) is 3.63. The van der Waals surface area contributed by atoms with Crippen molar-refractivity contribution in [3.8, 4) is 0 Å². The van der Waals surface area contributed by atoms with Crippen molar-refractivity contribution in [1.29, 1.82) is 0 Å². The van der Waals surface area contributed by atoms with Crippen molar-refractivity contribution in [2.24, 2.45) is 11.7 Å². The van der Waals surface area contributed by atoms with Crippen molar-refractivity contribution in [3.05, 3.63) is 65.2 Å². The van der Waals surface area contributed by atoms with Gasteiger partial charge in [-0.05, 0) is 74.3 Å². The van der Waals surface area contributed by atoms with Gasteiger partial charge in [-0.1, -0.05) is 36.4 Å². The first-order valence-corrected chi connectivity index (χ1v) is 12.9. The Labute approximate surface area is 216 Å². The summed E-state index contributed by atoms with van der Waals surface area (Å²) < 4.78 is 0. The molecule has 3 atom stereocenters. The lowest BCUT2D eigenvalue weighted by atomic mass is 9.91. The molecule has 1 spiro atoms. The van der Waals surface area contributed by atoms with Crippen molar-refractivity contribution in [2.45, 2.75) is 63.7 Å². The molecule has 9 heteroatoms. The summed E-state index contributed by atoms with van der Waals surface area (Å²) in [5.74, 6) is -0.504. The Morgan fingerprint density at radius 1 is 1.16 bits per heavy atom. The van der Waals surface area contributed by atoms with E-state index in [0.29, 0.717) is 36.6 Å². The van der Waals surface area contributed by atoms with Crippen LogP contribution in [-0.4, -0.2) is 52.2 Å². The van der Waals surface area contributed by atoms with Crippen LogP contribution < -0.4 is 16.4 Å². The Bertz CT molecular complexity index is 1240. The highest BCUT2D eigenvalue weighted by molar-refractivity contribution is 6.10. The molecule has 1 saturated carbocycles. The van der Waals surface area contributed by atoms with Gasteiger partial charge in [0.2, 0.25) is 11.8 Å². The minimum atomic E-state index is -1.19. The van der Waals surface area contributed by atoms with Crippen LogP contribution in [-0.2, 0) is 32.9 Å². The Morgan fingerprint density at radius 2 is 1.89 bits per heavy atom. The van der Waals surface area contributed by atoms with Gasteiger partial charge in [-0.2, -0.15) is 0 Å². The molecule has 1 saturated heterocycles. The van der Waals surface area contributed by atoms with Gasteiger partial charge in [0.05, 0.1) is 6.04 Å². The fourth-order valence-corrected chi connectivity index (χ4v) is 5.43. The van der Waals surface area contributed by atoms with Crippen LogP contribution in [0.3, 0.4) is 0 Å². The van der Waals surface area contributed by atoms with Gasteiger partial charge in [-0.15, -0.1) is 0 Å². The third-order valence-electron chi connectivity index (χ3n) is 7.80. The van der Waals surface area contributed by atoms with Gasteiger partial charge in [0.15, 0.2) is 0 Å². The molecule has 5 rings (SSSR count). The first-order valence-electron chi connectivity index (χ1n) is 12.9. The average molecular weight is 504 g/mol. The standard InChI is InChI=1S/C28H33N5O4/c1-17(29)25(35)30-22-10-11-23-21(14-22)12-13-28(23)26(36)33(27(37)31-28)16-24(34)32(18(2)20-8-9-20)15-19-6-4-3-5-7-19/h3-7,10-11,14,17-18,20H,8-9,12-13,15-16,29H2,1-2H3,(H,30,35)(H,31,37)/t17-,18+,28?/m1/s1. The molecule has 37 heavy (non-hydrogen) atoms. The summed E-state index contributed by atoms with van der Waals surface area (Å²) in [4.78, 5) is 55.1. The van der Waals surface area contributed by atoms with Crippen LogP contribution in [0.4, 0.5) is 10.5 Å². The first-order chi connectivity index (χ1) is 17.7. The maximum Gasteiger partial charge on any atom is 0.325 e. The number of hydrogen-bond donors (Lipinski definition) is 3. The minimum absolute atomic E-state index is 0.0273. The van der Waals surface area contributed by atoms with Gasteiger partial charge in [0.25, 0.3) is 5.91 Å². The topological polar surface area (TPSA) is 125 Å². The number of imide groups is 1. The summed E-state index contributed by atoms with van der Waals surface area (Å²) in [6, 6.07) is 13.9. The maximum atomic E-state index is 13.7. The number of anilines is 1. The molecule has 3 aliphatic rings. The van der Waals surface area contributed by atoms with Crippen LogP contribution in [0.15, 0.2) is 48.5 Å². The van der Waals surface area contributed by atoms with Gasteiger partial charge in [0, 0.05) is 18.3 Å². The molecule has 0 radical (unpaired) electrons. The van der Waals surface area contributed by atoms with E-state index in [9.17, 15) is 19.2 Å². The summed E-state index contributed by atoms with van der Waals surface area (Å²) in [5, 5.41) is 5.65. The quantitative estimate of drug-likeness (QED) is 0.478. The van der Waals surface area contributed by atoms with Crippen LogP contribution >= 0.6 is 0 Å². The number of carbonyl (C=O) groups is 4. The van der Waals surface area contributed by atoms with Crippen LogP contribution in [0.2, 0.25) is 0 Å². The highest BCUT2D eigenvalue weighted by Crippen LogP contribution is 2.42. The van der Waals surface area contributed by atoms with Gasteiger partial charge in [0.1, 0.15) is 12.1 Å². The van der Waals surface area contributed by atoms with Gasteiger partial charge in [-0.25, -0.2) is 4.79 Å². The largest absolute Gasteiger partial charge is 0.334 e. The Hall–Kier alpha value is -3.72. The Morgan fingerprint density at radius 3 is 2.57 bits per heavy atom. The van der Waals surface area contributed by atoms with Gasteiger partial charge in [-0.3, -0.25) is 19.3 Å². The summed E-state index contributed by atoms with van der Waals surface area (Å²) in [7, 11) is 0. The zero-order valence-corrected chi connectivity index (χ0v) is 21.2. The van der Waals surface area contributed by atoms with Crippen LogP contribution in [0.5, 0.6) is 0 Å². The third-order valence-corrected chi connectivity index (χ3v) is 7.80. The summed E-state index contributed by atoms with van der Waals surface area (Å²) >= 11 is 0. The van der Waals surface area contributed by atoms with Crippen LogP contribution in [0, 0.1) is 5.92 Å². The molecule has 5 amide bonds. The first kappa shape index (κ1) is 25.0. The number of amides is 5. The van der Waals surface area contributed by atoms with E-state index in [0.717, 1.165) is 28.9 Å². The normalized spacial score (nSPS) is 22.0. The number of rotatable bonds is 8. The molecule has 9 nitrogen and oxygen atoms in total. The zero-order chi connectivity index (χ0) is 26.3. The van der Waals surface area contributed by atoms with E-state index in [1.165, 1.54) is 0 Å². The second-order valence-electron chi connectivity index (χ2n) is 10.5. The van der Waals surface area contributed by atoms with Gasteiger partial charge < -0.3 is 21.3 Å². The smallest absolute Gasteiger partial charge is 0.325 e. The predicted molar refractivity (Wildman–Crippen MR) is 138 cm³/mol. The second-order valence-corrected chi connectivity index (χ2v) is 10.5. The van der Waals surface area contributed by atoms with Crippen molar-refractivity contribution >= 4 is 29.4 Å². The van der Waals surface area contributed by atoms with E-state index >= 15 is 0 Å². The molecule has 4 N–H and O–H groups in total. The molecule has 194 valence electrons. The van der Waals surface area contributed by atoms with Crippen molar-refractivity contribution in [2.75, 3.05) is 11.9 Å². The molecule has 0 aromatic heterocycles. The second kappa shape index (κ2) is 9.63. The number of fused-ring (bicyclic) bond motifs is 2. The van der Waals surface area contributed by atoms with E-state index in [1.54, 1.807) is 24.0 Å². The number of nitrogens with one attached hydrogen (secondary N) is 2. The number of urea groups is 1. The number of benzene rings is 2. The van der Waals surface area contributed by atoms with E-state index in [4.69, 9.17) is 5.73 Å². The van der Waals surface area contributed by atoms with Gasteiger partial charge >= 0.3 is 6.03 Å². The zero-order valence-electron chi connectivity index (χ0n) is 21.2. The lowest BCUT2D eigenvalue weighted by Gasteiger charge is -2.31. The Balaban J connectivity index is 1.34. The lowest BCUT2D eigenvalue weighted by molar-refractivity contribution is -0.141. The minimum Gasteiger partial charge on any atom is -0.334 e.